The molecule has 2 N–H and O–H groups in total. The van der Waals surface area contributed by atoms with Gasteiger partial charge in [-0.25, -0.2) is 19.2 Å². The Morgan fingerprint density at radius 3 is 2.77 bits per heavy atom. The number of thiophene rings is 1. The Balaban J connectivity index is 1.76. The molecule has 0 fully saturated rings. The monoisotopic (exact) mass is 389 g/mol. The van der Waals surface area contributed by atoms with Crippen LogP contribution >= 0.6 is 22.9 Å². The van der Waals surface area contributed by atoms with Crippen molar-refractivity contribution in [3.05, 3.63) is 59.3 Å². The molecule has 0 atom stereocenters. The Hall–Kier alpha value is -2.84. The molecule has 3 aromatic rings. The number of carbonyl (C=O) groups excluding carboxylic acids is 2. The van der Waals surface area contributed by atoms with Gasteiger partial charge < -0.3 is 10.5 Å². The van der Waals surface area contributed by atoms with Gasteiger partial charge in [-0.3, -0.25) is 4.79 Å². The van der Waals surface area contributed by atoms with Gasteiger partial charge >= 0.3 is 5.97 Å². The number of nitrogens with zero attached hydrogens (tertiary/aromatic N) is 2. The van der Waals surface area contributed by atoms with Gasteiger partial charge in [0.25, 0.3) is 5.91 Å². The first-order chi connectivity index (χ1) is 12.4. The highest BCUT2D eigenvalue weighted by molar-refractivity contribution is 7.22. The number of carbonyl (C=O) groups is 2. The number of ether oxygens (including phenoxy) is 1. The second-order valence-electron chi connectivity index (χ2n) is 5.54. The number of amides is 1. The van der Waals surface area contributed by atoms with E-state index in [1.54, 1.807) is 24.3 Å². The lowest BCUT2D eigenvalue weighted by atomic mass is 10.1. The zero-order valence-electron chi connectivity index (χ0n) is 12.9. The average Bonchev–Trinajstić information content (AvgIpc) is 3.26. The van der Waals surface area contributed by atoms with Crippen molar-refractivity contribution in [2.75, 3.05) is 0 Å². The van der Waals surface area contributed by atoms with Crippen molar-refractivity contribution in [3.63, 3.8) is 0 Å². The lowest BCUT2D eigenvalue weighted by molar-refractivity contribution is -0.127. The van der Waals surface area contributed by atoms with Crippen LogP contribution in [-0.2, 0) is 9.53 Å². The fourth-order valence-electron chi connectivity index (χ4n) is 2.44. The minimum Gasteiger partial charge on any atom is -0.437 e. The molecule has 1 amide bonds. The summed E-state index contributed by atoms with van der Waals surface area (Å²) in [5.41, 5.74) is 4.06. The highest BCUT2D eigenvalue weighted by atomic mass is 35.5. The normalized spacial score (nSPS) is 14.4. The Morgan fingerprint density at radius 2 is 2.08 bits per heavy atom. The quantitative estimate of drug-likeness (QED) is 0.420. The van der Waals surface area contributed by atoms with Gasteiger partial charge in [-0.1, -0.05) is 6.07 Å². The molecule has 2 heterocycles. The molecule has 0 unspecified atom stereocenters. The van der Waals surface area contributed by atoms with Gasteiger partial charge in [0.05, 0.1) is 16.6 Å². The van der Waals surface area contributed by atoms with Crippen LogP contribution in [0.3, 0.4) is 0 Å². The van der Waals surface area contributed by atoms with E-state index in [9.17, 15) is 14.0 Å². The van der Waals surface area contributed by atoms with E-state index in [0.717, 1.165) is 10.9 Å². The molecule has 0 aliphatic heterocycles. The first kappa shape index (κ1) is 16.6. The zero-order chi connectivity index (χ0) is 18.5. The van der Waals surface area contributed by atoms with Gasteiger partial charge in [0.2, 0.25) is 10.9 Å². The summed E-state index contributed by atoms with van der Waals surface area (Å²) < 4.78 is 20.0. The number of halogens is 2. The van der Waals surface area contributed by atoms with Gasteiger partial charge in [-0.15, -0.1) is 11.3 Å². The van der Waals surface area contributed by atoms with E-state index in [1.807, 2.05) is 0 Å². The van der Waals surface area contributed by atoms with Crippen molar-refractivity contribution in [2.45, 2.75) is 5.60 Å². The van der Waals surface area contributed by atoms with Crippen molar-refractivity contribution in [1.82, 2.24) is 9.97 Å². The standard InChI is InChI=1S/C17H9ClFN3O3S/c18-16-21-7-10(19)13(22-16)12-6-9-8(2-1-3-11(9)26-12)14(23)25-17(4-5-17)15(20)24/h1-7H,(H2,20,24). The molecule has 0 radical (unpaired) electrons. The number of primary amides is 1. The highest BCUT2D eigenvalue weighted by Crippen LogP contribution is 2.37. The average molecular weight is 390 g/mol. The van der Waals surface area contributed by atoms with Gasteiger partial charge in [-0.05, 0) is 42.0 Å². The van der Waals surface area contributed by atoms with Gasteiger partial charge in [0.1, 0.15) is 5.69 Å². The molecule has 6 nitrogen and oxygen atoms in total. The van der Waals surface area contributed by atoms with E-state index >= 15 is 0 Å². The van der Waals surface area contributed by atoms with Gasteiger partial charge in [0, 0.05) is 10.1 Å². The second-order valence-corrected chi connectivity index (χ2v) is 6.97. The lowest BCUT2D eigenvalue weighted by Gasteiger charge is -2.13. The first-order valence-electron chi connectivity index (χ1n) is 7.34. The van der Waals surface area contributed by atoms with Crippen LogP contribution < -0.4 is 5.73 Å². The SMILES string of the molecule is NC(=O)C1(OC(=O)c2cccc3sc(-c4nc(Cl)ncc4F)cc23)C=C1. The van der Waals surface area contributed by atoms with Crippen LogP contribution in [-0.4, -0.2) is 27.4 Å². The van der Waals surface area contributed by atoms with E-state index in [4.69, 9.17) is 22.1 Å². The van der Waals surface area contributed by atoms with Crippen LogP contribution in [0.1, 0.15) is 10.4 Å². The molecule has 26 heavy (non-hydrogen) atoms. The van der Waals surface area contributed by atoms with Crippen LogP contribution in [0.2, 0.25) is 5.28 Å². The van der Waals surface area contributed by atoms with Crippen molar-refractivity contribution < 1.29 is 18.7 Å². The molecular formula is C17H9ClFN3O3S. The van der Waals surface area contributed by atoms with E-state index in [2.05, 4.69) is 9.97 Å². The van der Waals surface area contributed by atoms with Crippen LogP contribution in [0.15, 0.2) is 42.6 Å². The third kappa shape index (κ3) is 2.73. The number of hydrogen-bond donors (Lipinski definition) is 1. The van der Waals surface area contributed by atoms with Crippen LogP contribution in [0, 0.1) is 5.82 Å². The minimum absolute atomic E-state index is 0.0444. The molecule has 1 aliphatic rings. The maximum Gasteiger partial charge on any atom is 0.340 e. The van der Waals surface area contributed by atoms with E-state index in [-0.39, 0.29) is 16.5 Å². The van der Waals surface area contributed by atoms with Crippen molar-refractivity contribution in [3.8, 4) is 10.6 Å². The van der Waals surface area contributed by atoms with E-state index in [0.29, 0.717) is 10.3 Å². The highest BCUT2D eigenvalue weighted by Gasteiger charge is 2.45. The summed E-state index contributed by atoms with van der Waals surface area (Å²) >= 11 is 6.99. The molecule has 4 rings (SSSR count). The number of rotatable bonds is 4. The van der Waals surface area contributed by atoms with Gasteiger partial charge in [0.15, 0.2) is 5.82 Å². The summed E-state index contributed by atoms with van der Waals surface area (Å²) in [6.45, 7) is 0. The predicted molar refractivity (Wildman–Crippen MR) is 94.3 cm³/mol. The Kier molecular flexibility index (Phi) is 3.74. The summed E-state index contributed by atoms with van der Waals surface area (Å²) in [7, 11) is 0. The summed E-state index contributed by atoms with van der Waals surface area (Å²) in [5.74, 6) is -2.09. The number of benzene rings is 1. The molecule has 9 heteroatoms. The fraction of sp³-hybridized carbons (Fsp3) is 0.0588. The van der Waals surface area contributed by atoms with Crippen LogP contribution in [0.4, 0.5) is 4.39 Å². The molecule has 1 aromatic carbocycles. The molecular weight excluding hydrogens is 381 g/mol. The number of aromatic nitrogens is 2. The summed E-state index contributed by atoms with van der Waals surface area (Å²) in [4.78, 5) is 31.9. The maximum atomic E-state index is 14.0. The van der Waals surface area contributed by atoms with Crippen molar-refractivity contribution >= 4 is 44.9 Å². The molecule has 2 aromatic heterocycles. The summed E-state index contributed by atoms with van der Waals surface area (Å²) in [6, 6.07) is 6.62. The van der Waals surface area contributed by atoms with Crippen LogP contribution in [0.5, 0.6) is 0 Å². The Bertz CT molecular complexity index is 1110. The number of fused-ring (bicyclic) bond motifs is 1. The largest absolute Gasteiger partial charge is 0.437 e. The smallest absolute Gasteiger partial charge is 0.340 e. The summed E-state index contributed by atoms with van der Waals surface area (Å²) in [6.07, 6.45) is 3.80. The summed E-state index contributed by atoms with van der Waals surface area (Å²) in [5, 5.41) is 0.466. The fourth-order valence-corrected chi connectivity index (χ4v) is 3.65. The molecule has 0 saturated heterocycles. The van der Waals surface area contributed by atoms with Crippen molar-refractivity contribution in [1.29, 1.82) is 0 Å². The third-order valence-corrected chi connectivity index (χ3v) is 5.13. The first-order valence-corrected chi connectivity index (χ1v) is 8.54. The molecule has 130 valence electrons. The Morgan fingerprint density at radius 1 is 1.31 bits per heavy atom. The number of esters is 1. The number of hydrogen-bond acceptors (Lipinski definition) is 6. The minimum atomic E-state index is -1.45. The zero-order valence-corrected chi connectivity index (χ0v) is 14.5. The Labute approximate surface area is 155 Å². The van der Waals surface area contributed by atoms with Crippen LogP contribution in [0.25, 0.3) is 20.7 Å². The third-order valence-electron chi connectivity index (χ3n) is 3.85. The van der Waals surface area contributed by atoms with E-state index < -0.39 is 23.3 Å². The lowest BCUT2D eigenvalue weighted by Crippen LogP contribution is -2.36. The second kappa shape index (κ2) is 5.86. The predicted octanol–water partition coefficient (Wildman–Crippen LogP) is 3.10. The van der Waals surface area contributed by atoms with Crippen molar-refractivity contribution in [2.24, 2.45) is 5.73 Å². The molecule has 0 bridgehead atoms. The topological polar surface area (TPSA) is 95.2 Å². The van der Waals surface area contributed by atoms with Gasteiger partial charge in [-0.2, -0.15) is 0 Å². The van der Waals surface area contributed by atoms with E-state index in [1.165, 1.54) is 23.5 Å². The molecule has 0 saturated carbocycles. The molecule has 0 spiro atoms. The molecule has 1 aliphatic carbocycles. The maximum absolute atomic E-state index is 14.0. The number of nitrogens with two attached hydrogens (primary N) is 1.